The summed E-state index contributed by atoms with van der Waals surface area (Å²) < 4.78 is 11.2. The fourth-order valence-corrected chi connectivity index (χ4v) is 10.1. The molecule has 0 saturated carbocycles. The van der Waals surface area contributed by atoms with Gasteiger partial charge in [0.2, 0.25) is 0 Å². The van der Waals surface area contributed by atoms with Gasteiger partial charge in [-0.25, -0.2) is 15.0 Å². The SMILES string of the molecule is c1ccc(-n2c3cccc4c5cccc6c7ccccc7n(c7cccc2c7c43)c56)c(-c2nc(-c3ccc4ccccc4c3)nc(-c3cccc4oc5ccccc5c34)n2)c1. The van der Waals surface area contributed by atoms with Crippen LogP contribution in [0.4, 0.5) is 0 Å². The second-order valence-electron chi connectivity index (χ2n) is 15.9. The zero-order chi connectivity index (χ0) is 39.8. The number of furan rings is 1. The Kier molecular flexibility index (Phi) is 6.46. The van der Waals surface area contributed by atoms with Gasteiger partial charge in [0.05, 0.1) is 33.3 Å². The Bertz CT molecular complexity index is 4130. The summed E-state index contributed by atoms with van der Waals surface area (Å²) in [5, 5.41) is 11.7. The first-order chi connectivity index (χ1) is 30.3. The minimum atomic E-state index is 0.585. The van der Waals surface area contributed by atoms with E-state index in [0.717, 1.165) is 66.1 Å². The third kappa shape index (κ3) is 4.48. The topological polar surface area (TPSA) is 61.2 Å². The van der Waals surface area contributed by atoms with E-state index in [-0.39, 0.29) is 0 Å². The standard InChI is InChI=1S/C55H31N5O/c1-2-14-33-31-34(30-29-32(33)13-1)53-56-54(58-55(57-53)41-21-11-28-48-49(41)40-17-5-8-27-47(40)61-48)39-16-4-7-23-43(39)59-44-24-10-18-36-38-20-9-19-37-35-15-3-6-22-42(35)60(52(37)38)46-26-12-25-45(59)51(46)50(36)44/h1-31H. The maximum absolute atomic E-state index is 6.36. The van der Waals surface area contributed by atoms with Crippen molar-refractivity contribution in [3.05, 3.63) is 188 Å². The van der Waals surface area contributed by atoms with E-state index >= 15 is 0 Å². The largest absolute Gasteiger partial charge is 0.456 e. The average Bonchev–Trinajstić information content (AvgIpc) is 3.96. The summed E-state index contributed by atoms with van der Waals surface area (Å²) in [6, 6.07) is 66.6. The van der Waals surface area contributed by atoms with Crippen molar-refractivity contribution in [2.45, 2.75) is 0 Å². The molecule has 5 heterocycles. The first-order valence-corrected chi connectivity index (χ1v) is 20.6. The number of fused-ring (bicyclic) bond motifs is 9. The van der Waals surface area contributed by atoms with Crippen LogP contribution in [0.5, 0.6) is 0 Å². The number of rotatable bonds is 4. The normalized spacial score (nSPS) is 12.3. The monoisotopic (exact) mass is 777 g/mol. The molecule has 9 aromatic carbocycles. The van der Waals surface area contributed by atoms with Crippen LogP contribution in [0.1, 0.15) is 0 Å². The predicted octanol–water partition coefficient (Wildman–Crippen LogP) is 14.2. The zero-order valence-corrected chi connectivity index (χ0v) is 32.5. The lowest BCUT2D eigenvalue weighted by Gasteiger charge is -2.15. The Morgan fingerprint density at radius 3 is 1.87 bits per heavy atom. The molecule has 0 bridgehead atoms. The molecule has 0 spiro atoms. The predicted molar refractivity (Wildman–Crippen MR) is 250 cm³/mol. The maximum atomic E-state index is 6.36. The number of nitrogens with zero attached hydrogens (tertiary/aromatic N) is 5. The van der Waals surface area contributed by atoms with Crippen LogP contribution in [0.2, 0.25) is 0 Å². The fourth-order valence-electron chi connectivity index (χ4n) is 10.1. The number of para-hydroxylation sites is 4. The van der Waals surface area contributed by atoms with Crippen molar-refractivity contribution >= 4 is 92.6 Å². The van der Waals surface area contributed by atoms with Gasteiger partial charge >= 0.3 is 0 Å². The van der Waals surface area contributed by atoms with Crippen LogP contribution in [0, 0.1) is 0 Å². The van der Waals surface area contributed by atoms with Gasteiger partial charge in [-0.05, 0) is 70.8 Å². The minimum Gasteiger partial charge on any atom is -0.456 e. The van der Waals surface area contributed by atoms with Gasteiger partial charge in [-0.15, -0.1) is 0 Å². The first-order valence-electron chi connectivity index (χ1n) is 20.6. The molecule has 6 nitrogen and oxygen atoms in total. The second-order valence-corrected chi connectivity index (χ2v) is 15.9. The summed E-state index contributed by atoms with van der Waals surface area (Å²) in [4.78, 5) is 16.0. The molecule has 0 N–H and O–H groups in total. The highest BCUT2D eigenvalue weighted by Gasteiger charge is 2.24. The molecule has 6 heteroatoms. The van der Waals surface area contributed by atoms with Crippen LogP contribution < -0.4 is 0 Å². The van der Waals surface area contributed by atoms with Gasteiger partial charge in [-0.1, -0.05) is 133 Å². The Hall–Kier alpha value is -8.35. The lowest BCUT2D eigenvalue weighted by atomic mass is 10.0. The van der Waals surface area contributed by atoms with Crippen molar-refractivity contribution < 1.29 is 4.42 Å². The van der Waals surface area contributed by atoms with Gasteiger partial charge < -0.3 is 13.4 Å². The van der Waals surface area contributed by atoms with E-state index in [1.54, 1.807) is 0 Å². The molecule has 0 saturated heterocycles. The van der Waals surface area contributed by atoms with Crippen LogP contribution >= 0.6 is 0 Å². The number of hydrogen-bond acceptors (Lipinski definition) is 4. The molecule has 0 unspecified atom stereocenters. The van der Waals surface area contributed by atoms with E-state index in [1.165, 1.54) is 48.9 Å². The molecule has 0 radical (unpaired) electrons. The van der Waals surface area contributed by atoms with Crippen molar-refractivity contribution in [2.75, 3.05) is 0 Å². The molecule has 0 aliphatic carbocycles. The van der Waals surface area contributed by atoms with E-state index in [4.69, 9.17) is 19.4 Å². The summed E-state index contributed by atoms with van der Waals surface area (Å²) in [6.07, 6.45) is 0. The summed E-state index contributed by atoms with van der Waals surface area (Å²) in [6.45, 7) is 0. The molecule has 0 atom stereocenters. The van der Waals surface area contributed by atoms with Crippen LogP contribution in [-0.2, 0) is 0 Å². The summed E-state index contributed by atoms with van der Waals surface area (Å²) in [5.74, 6) is 1.78. The lowest BCUT2D eigenvalue weighted by Crippen LogP contribution is -2.04. The molecular formula is C55H31N5O. The van der Waals surface area contributed by atoms with Gasteiger partial charge in [0, 0.05) is 54.4 Å². The molecule has 0 amide bonds. The van der Waals surface area contributed by atoms with Crippen molar-refractivity contribution in [2.24, 2.45) is 0 Å². The van der Waals surface area contributed by atoms with Gasteiger partial charge in [-0.3, -0.25) is 0 Å². The molecule has 14 aromatic rings. The summed E-state index contributed by atoms with van der Waals surface area (Å²) in [7, 11) is 0. The third-order valence-corrected chi connectivity index (χ3v) is 12.7. The van der Waals surface area contributed by atoms with Crippen LogP contribution in [-0.4, -0.2) is 23.9 Å². The highest BCUT2D eigenvalue weighted by Crippen LogP contribution is 2.45. The molecule has 0 fully saturated rings. The number of aromatic nitrogens is 5. The molecule has 5 aromatic heterocycles. The van der Waals surface area contributed by atoms with E-state index in [9.17, 15) is 0 Å². The quantitative estimate of drug-likeness (QED) is 0.179. The third-order valence-electron chi connectivity index (χ3n) is 12.7. The van der Waals surface area contributed by atoms with E-state index in [1.807, 2.05) is 30.3 Å². The van der Waals surface area contributed by atoms with Crippen LogP contribution in [0.25, 0.3) is 132 Å². The van der Waals surface area contributed by atoms with Crippen LogP contribution in [0.15, 0.2) is 192 Å². The van der Waals surface area contributed by atoms with Crippen molar-refractivity contribution in [3.63, 3.8) is 0 Å². The molecule has 61 heavy (non-hydrogen) atoms. The first kappa shape index (κ1) is 32.6. The van der Waals surface area contributed by atoms with Crippen molar-refractivity contribution in [1.29, 1.82) is 0 Å². The smallest absolute Gasteiger partial charge is 0.166 e. The maximum Gasteiger partial charge on any atom is 0.166 e. The summed E-state index contributed by atoms with van der Waals surface area (Å²) in [5.41, 5.74) is 11.2. The van der Waals surface area contributed by atoms with E-state index in [0.29, 0.717) is 17.5 Å². The van der Waals surface area contributed by atoms with Gasteiger partial charge in [0.25, 0.3) is 0 Å². The van der Waals surface area contributed by atoms with Crippen LogP contribution in [0.3, 0.4) is 0 Å². The number of benzene rings is 9. The molecule has 14 rings (SSSR count). The zero-order valence-electron chi connectivity index (χ0n) is 32.5. The Balaban J connectivity index is 1.08. The van der Waals surface area contributed by atoms with Crippen molar-refractivity contribution in [3.8, 4) is 39.9 Å². The van der Waals surface area contributed by atoms with Gasteiger partial charge in [-0.2, -0.15) is 0 Å². The van der Waals surface area contributed by atoms with E-state index in [2.05, 4.69) is 167 Å². The second kappa shape index (κ2) is 12.1. The molecular weight excluding hydrogens is 747 g/mol. The van der Waals surface area contributed by atoms with Gasteiger partial charge in [0.1, 0.15) is 11.2 Å². The minimum absolute atomic E-state index is 0.585. The molecule has 0 aliphatic rings. The lowest BCUT2D eigenvalue weighted by molar-refractivity contribution is 0.669. The Morgan fingerprint density at radius 1 is 0.361 bits per heavy atom. The van der Waals surface area contributed by atoms with Crippen molar-refractivity contribution in [1.82, 2.24) is 23.9 Å². The Morgan fingerprint density at radius 2 is 0.951 bits per heavy atom. The van der Waals surface area contributed by atoms with E-state index < -0.39 is 0 Å². The highest BCUT2D eigenvalue weighted by molar-refractivity contribution is 6.31. The highest BCUT2D eigenvalue weighted by atomic mass is 16.3. The molecule has 282 valence electrons. The molecule has 0 aliphatic heterocycles. The Labute approximate surface area is 347 Å². The average molecular weight is 778 g/mol. The number of hydrogen-bond donors (Lipinski definition) is 0. The van der Waals surface area contributed by atoms with Gasteiger partial charge in [0.15, 0.2) is 17.5 Å². The fraction of sp³-hybridized carbons (Fsp3) is 0. The summed E-state index contributed by atoms with van der Waals surface area (Å²) >= 11 is 0.